The van der Waals surface area contributed by atoms with E-state index in [1.807, 2.05) is 0 Å². The highest BCUT2D eigenvalue weighted by Crippen LogP contribution is 2.34. The monoisotopic (exact) mass is 332 g/mol. The molecule has 7 heteroatoms. The van der Waals surface area contributed by atoms with Crippen LogP contribution in [0.3, 0.4) is 0 Å². The second kappa shape index (κ2) is 5.89. The highest BCUT2D eigenvalue weighted by Gasteiger charge is 2.12. The van der Waals surface area contributed by atoms with Gasteiger partial charge in [0.2, 0.25) is 0 Å². The van der Waals surface area contributed by atoms with Crippen molar-refractivity contribution in [2.24, 2.45) is 0 Å². The maximum Gasteiger partial charge on any atom is 0.162 e. The van der Waals surface area contributed by atoms with Gasteiger partial charge in [-0.1, -0.05) is 11.6 Å². The van der Waals surface area contributed by atoms with Crippen LogP contribution in [0.1, 0.15) is 5.56 Å². The van der Waals surface area contributed by atoms with Crippen molar-refractivity contribution >= 4 is 34.0 Å². The Morgan fingerprint density at radius 3 is 2.78 bits per heavy atom. The fraction of sp³-hybridized carbons (Fsp3) is 0.0625. The van der Waals surface area contributed by atoms with E-state index >= 15 is 0 Å². The first-order valence-electron chi connectivity index (χ1n) is 6.59. The molecule has 0 atom stereocenters. The molecule has 0 spiro atoms. The minimum Gasteiger partial charge on any atom is -0.504 e. The van der Waals surface area contributed by atoms with Crippen LogP contribution in [-0.4, -0.2) is 22.2 Å². The molecular formula is C16H12ClFN3O2. The summed E-state index contributed by atoms with van der Waals surface area (Å²) >= 11 is 5.80. The number of hydrogen-bond acceptors (Lipinski definition) is 5. The van der Waals surface area contributed by atoms with E-state index in [9.17, 15) is 9.50 Å². The van der Waals surface area contributed by atoms with Crippen LogP contribution < -0.4 is 10.1 Å². The minimum atomic E-state index is -0.544. The first-order chi connectivity index (χ1) is 11.0. The number of methoxy groups -OCH3 is 1. The fourth-order valence-electron chi connectivity index (χ4n) is 2.17. The van der Waals surface area contributed by atoms with Crippen LogP contribution in [0.15, 0.2) is 30.6 Å². The van der Waals surface area contributed by atoms with E-state index in [4.69, 9.17) is 16.3 Å². The van der Waals surface area contributed by atoms with Crippen LogP contribution in [0.25, 0.3) is 10.9 Å². The smallest absolute Gasteiger partial charge is 0.162 e. The maximum atomic E-state index is 13.4. The van der Waals surface area contributed by atoms with Crippen LogP contribution in [0, 0.1) is 12.7 Å². The summed E-state index contributed by atoms with van der Waals surface area (Å²) in [4.78, 5) is 8.30. The van der Waals surface area contributed by atoms with Crippen molar-refractivity contribution in [3.63, 3.8) is 0 Å². The Kier molecular flexibility index (Phi) is 3.92. The summed E-state index contributed by atoms with van der Waals surface area (Å²) in [5, 5.41) is 13.5. The number of hydrogen-bond donors (Lipinski definition) is 2. The van der Waals surface area contributed by atoms with Crippen LogP contribution in [0.2, 0.25) is 5.02 Å². The summed E-state index contributed by atoms with van der Waals surface area (Å²) in [5.41, 5.74) is 1.51. The van der Waals surface area contributed by atoms with Crippen molar-refractivity contribution in [2.75, 3.05) is 12.4 Å². The molecule has 0 aliphatic heterocycles. The summed E-state index contributed by atoms with van der Waals surface area (Å²) < 4.78 is 18.5. The molecule has 0 saturated heterocycles. The molecule has 0 aliphatic carbocycles. The summed E-state index contributed by atoms with van der Waals surface area (Å²) in [5.74, 6) is 0.160. The summed E-state index contributed by atoms with van der Waals surface area (Å²) in [7, 11) is 1.46. The standard InChI is InChI=1S/C16H12ClFN3O2/c1-8-3-11(18)10(17)5-12(8)21-16-9-4-14(22)15(23-2)6-13(9)19-7-20-16/h3-7,22H,1H2,2H3,(H,19,20,21). The third-order valence-electron chi connectivity index (χ3n) is 3.34. The van der Waals surface area contributed by atoms with Crippen molar-refractivity contribution in [3.8, 4) is 11.5 Å². The minimum absolute atomic E-state index is 0.0252. The molecule has 5 nitrogen and oxygen atoms in total. The fourth-order valence-corrected chi connectivity index (χ4v) is 2.33. The van der Waals surface area contributed by atoms with Gasteiger partial charge < -0.3 is 15.2 Å². The third-order valence-corrected chi connectivity index (χ3v) is 3.62. The average molecular weight is 333 g/mol. The van der Waals surface area contributed by atoms with Gasteiger partial charge in [0.05, 0.1) is 17.6 Å². The lowest BCUT2D eigenvalue weighted by Gasteiger charge is -2.12. The van der Waals surface area contributed by atoms with Crippen molar-refractivity contribution in [1.29, 1.82) is 0 Å². The van der Waals surface area contributed by atoms with Crippen LogP contribution >= 0.6 is 11.6 Å². The zero-order valence-corrected chi connectivity index (χ0v) is 12.9. The van der Waals surface area contributed by atoms with Crippen molar-refractivity contribution in [1.82, 2.24) is 9.97 Å². The first kappa shape index (κ1) is 15.3. The normalized spacial score (nSPS) is 10.8. The Morgan fingerprint density at radius 2 is 2.04 bits per heavy atom. The van der Waals surface area contributed by atoms with Gasteiger partial charge >= 0.3 is 0 Å². The van der Waals surface area contributed by atoms with E-state index in [0.717, 1.165) is 0 Å². The van der Waals surface area contributed by atoms with Crippen LogP contribution in [0.5, 0.6) is 11.5 Å². The molecule has 3 rings (SSSR count). The molecule has 0 aliphatic rings. The number of nitrogens with one attached hydrogen (secondary N) is 1. The van der Waals surface area contributed by atoms with E-state index in [2.05, 4.69) is 22.2 Å². The molecule has 2 aromatic carbocycles. The lowest BCUT2D eigenvalue weighted by molar-refractivity contribution is 0.374. The van der Waals surface area contributed by atoms with Crippen molar-refractivity contribution in [2.45, 2.75) is 0 Å². The predicted octanol–water partition coefficient (Wildman–Crippen LogP) is 4.06. The van der Waals surface area contributed by atoms with Gasteiger partial charge in [-0.15, -0.1) is 0 Å². The Balaban J connectivity index is 2.10. The number of rotatable bonds is 3. The van der Waals surface area contributed by atoms with Crippen LogP contribution in [0.4, 0.5) is 15.9 Å². The molecule has 1 aromatic heterocycles. The van der Waals surface area contributed by atoms with E-state index in [1.165, 1.54) is 31.6 Å². The number of ether oxygens (including phenoxy) is 1. The van der Waals surface area contributed by atoms with Gasteiger partial charge in [0.25, 0.3) is 0 Å². The third kappa shape index (κ3) is 2.85. The van der Waals surface area contributed by atoms with Gasteiger partial charge in [0, 0.05) is 17.1 Å². The van der Waals surface area contributed by atoms with Gasteiger partial charge in [-0.3, -0.25) is 0 Å². The van der Waals surface area contributed by atoms with Crippen molar-refractivity contribution < 1.29 is 14.2 Å². The van der Waals surface area contributed by atoms with Gasteiger partial charge in [-0.05, 0) is 30.7 Å². The maximum absolute atomic E-state index is 13.4. The second-order valence-electron chi connectivity index (χ2n) is 4.81. The molecule has 117 valence electrons. The average Bonchev–Trinajstić information content (AvgIpc) is 2.52. The van der Waals surface area contributed by atoms with Crippen LogP contribution in [-0.2, 0) is 0 Å². The topological polar surface area (TPSA) is 67.3 Å². The SMILES string of the molecule is [CH2]c1cc(F)c(Cl)cc1Nc1ncnc2cc(OC)c(O)cc12. The molecule has 0 fully saturated rings. The van der Waals surface area contributed by atoms with Gasteiger partial charge in [0.1, 0.15) is 18.0 Å². The Labute approximate surface area is 136 Å². The molecule has 2 N–H and O–H groups in total. The first-order valence-corrected chi connectivity index (χ1v) is 6.97. The molecule has 1 heterocycles. The van der Waals surface area contributed by atoms with E-state index < -0.39 is 5.82 Å². The largest absolute Gasteiger partial charge is 0.504 e. The molecular weight excluding hydrogens is 321 g/mol. The molecule has 0 saturated carbocycles. The molecule has 23 heavy (non-hydrogen) atoms. The van der Waals surface area contributed by atoms with E-state index in [0.29, 0.717) is 33.7 Å². The Bertz CT molecular complexity index is 902. The quantitative estimate of drug-likeness (QED) is 0.757. The van der Waals surface area contributed by atoms with Crippen molar-refractivity contribution in [3.05, 3.63) is 53.9 Å². The van der Waals surface area contributed by atoms with Gasteiger partial charge in [-0.2, -0.15) is 0 Å². The van der Waals surface area contributed by atoms with Gasteiger partial charge in [-0.25, -0.2) is 14.4 Å². The molecule has 0 unspecified atom stereocenters. The molecule has 1 radical (unpaired) electrons. The number of nitrogens with zero attached hydrogens (tertiary/aromatic N) is 2. The molecule has 3 aromatic rings. The van der Waals surface area contributed by atoms with E-state index in [-0.39, 0.29) is 10.8 Å². The lowest BCUT2D eigenvalue weighted by atomic mass is 10.1. The number of phenolic OH excluding ortho intramolecular Hbond substituents is 1. The number of aromatic hydroxyl groups is 1. The molecule has 0 amide bonds. The summed E-state index contributed by atoms with van der Waals surface area (Å²) in [6.07, 6.45) is 1.37. The lowest BCUT2D eigenvalue weighted by Crippen LogP contribution is -1.99. The number of halogens is 2. The zero-order valence-electron chi connectivity index (χ0n) is 12.1. The number of phenols is 1. The Morgan fingerprint density at radius 1 is 1.26 bits per heavy atom. The Hall–Kier alpha value is -2.60. The number of benzene rings is 2. The second-order valence-corrected chi connectivity index (χ2v) is 5.22. The summed E-state index contributed by atoms with van der Waals surface area (Å²) in [6.45, 7) is 3.77. The number of aromatic nitrogens is 2. The highest BCUT2D eigenvalue weighted by molar-refractivity contribution is 6.31. The number of anilines is 2. The zero-order chi connectivity index (χ0) is 16.6. The predicted molar refractivity (Wildman–Crippen MR) is 86.9 cm³/mol. The highest BCUT2D eigenvalue weighted by atomic mass is 35.5. The van der Waals surface area contributed by atoms with Gasteiger partial charge in [0.15, 0.2) is 11.5 Å². The molecule has 0 bridgehead atoms. The van der Waals surface area contributed by atoms with E-state index in [1.54, 1.807) is 6.07 Å². The number of fused-ring (bicyclic) bond motifs is 1. The summed E-state index contributed by atoms with van der Waals surface area (Å²) in [6, 6.07) is 5.75.